The Balaban J connectivity index is 1.60. The Bertz CT molecular complexity index is 1330. The molecule has 0 bridgehead atoms. The molecule has 170 valence electrons. The fourth-order valence-electron chi connectivity index (χ4n) is 4.02. The van der Waals surface area contributed by atoms with Gasteiger partial charge in [0.1, 0.15) is 5.84 Å². The van der Waals surface area contributed by atoms with E-state index in [-0.39, 0.29) is 0 Å². The summed E-state index contributed by atoms with van der Waals surface area (Å²) in [6.07, 6.45) is 10.8. The van der Waals surface area contributed by atoms with Gasteiger partial charge in [-0.2, -0.15) is 5.10 Å². The molecule has 1 aromatic carbocycles. The number of aromatic nitrogens is 4. The maximum absolute atomic E-state index is 5.87. The van der Waals surface area contributed by atoms with Crippen LogP contribution in [0.3, 0.4) is 0 Å². The maximum Gasteiger partial charge on any atom is 0.177 e. The van der Waals surface area contributed by atoms with Crippen LogP contribution in [-0.2, 0) is 24.0 Å². The molecule has 8 nitrogen and oxygen atoms in total. The molecule has 8 heteroatoms. The number of amidine groups is 1. The van der Waals surface area contributed by atoms with Crippen LogP contribution < -0.4 is 10.6 Å². The average molecular weight is 452 g/mol. The van der Waals surface area contributed by atoms with E-state index in [4.69, 9.17) is 4.74 Å². The lowest BCUT2D eigenvalue weighted by Crippen LogP contribution is -2.59. The van der Waals surface area contributed by atoms with Crippen LogP contribution in [0.25, 0.3) is 11.3 Å². The summed E-state index contributed by atoms with van der Waals surface area (Å²) in [6.45, 7) is 0.555. The van der Waals surface area contributed by atoms with Gasteiger partial charge in [-0.15, -0.1) is 0 Å². The van der Waals surface area contributed by atoms with Crippen LogP contribution >= 0.6 is 0 Å². The van der Waals surface area contributed by atoms with Crippen molar-refractivity contribution in [1.82, 2.24) is 30.4 Å². The van der Waals surface area contributed by atoms with Gasteiger partial charge in [-0.05, 0) is 35.9 Å². The second-order valence-electron chi connectivity index (χ2n) is 7.96. The van der Waals surface area contributed by atoms with Crippen molar-refractivity contribution in [3.8, 4) is 11.3 Å². The van der Waals surface area contributed by atoms with Crippen LogP contribution in [0.4, 0.5) is 0 Å². The van der Waals surface area contributed by atoms with E-state index < -0.39 is 5.66 Å². The standard InChI is InChI=1S/C26H25N7O/c1-33-14-10-23(32-33)21-6-3-7-22(15-21)26(30-17-19-5-4-11-28-16-19)24(34-2)18-29-25(31-26)20-8-12-27-13-9-20/h3-16,18,30H,17H2,1-2H3,(H,29,31). The Morgan fingerprint density at radius 1 is 1.00 bits per heavy atom. The SMILES string of the molecule is COC1=CN=C(c2ccncc2)NC1(NCc1cccnc1)c1cccc(-c2ccn(C)n2)c1. The molecule has 5 rings (SSSR count). The molecule has 0 radical (unpaired) electrons. The fraction of sp³-hybridized carbons (Fsp3) is 0.154. The van der Waals surface area contributed by atoms with Gasteiger partial charge in [0, 0.05) is 61.3 Å². The van der Waals surface area contributed by atoms with Crippen LogP contribution in [0.2, 0.25) is 0 Å². The largest absolute Gasteiger partial charge is 0.495 e. The number of rotatable bonds is 7. The van der Waals surface area contributed by atoms with Crippen molar-refractivity contribution in [1.29, 1.82) is 0 Å². The second-order valence-corrected chi connectivity index (χ2v) is 7.96. The summed E-state index contributed by atoms with van der Waals surface area (Å²) in [7, 11) is 3.57. The van der Waals surface area contributed by atoms with Crippen LogP contribution in [0.1, 0.15) is 16.7 Å². The highest BCUT2D eigenvalue weighted by Crippen LogP contribution is 2.33. The molecule has 1 unspecified atom stereocenters. The second kappa shape index (κ2) is 9.29. The Hall–Kier alpha value is -4.30. The minimum absolute atomic E-state index is 0.555. The molecule has 1 aliphatic heterocycles. The highest BCUT2D eigenvalue weighted by Gasteiger charge is 2.41. The lowest BCUT2D eigenvalue weighted by Gasteiger charge is -2.40. The molecular weight excluding hydrogens is 426 g/mol. The van der Waals surface area contributed by atoms with Crippen molar-refractivity contribution in [2.45, 2.75) is 12.2 Å². The number of nitrogens with one attached hydrogen (secondary N) is 2. The van der Waals surface area contributed by atoms with Crippen molar-refractivity contribution in [2.24, 2.45) is 12.0 Å². The zero-order valence-corrected chi connectivity index (χ0v) is 19.0. The van der Waals surface area contributed by atoms with Crippen LogP contribution in [0, 0.1) is 0 Å². The molecule has 4 aromatic rings. The third kappa shape index (κ3) is 4.18. The molecule has 1 aliphatic rings. The number of aliphatic imine (C=N–C) groups is 1. The number of nitrogens with zero attached hydrogens (tertiary/aromatic N) is 5. The monoisotopic (exact) mass is 451 g/mol. The summed E-state index contributed by atoms with van der Waals surface area (Å²) in [5.74, 6) is 1.36. The maximum atomic E-state index is 5.87. The number of methoxy groups -OCH3 is 1. The van der Waals surface area contributed by atoms with Gasteiger partial charge in [-0.25, -0.2) is 4.99 Å². The minimum atomic E-state index is -0.879. The molecule has 0 saturated carbocycles. The van der Waals surface area contributed by atoms with E-state index in [9.17, 15) is 0 Å². The summed E-state index contributed by atoms with van der Waals surface area (Å²) in [5, 5.41) is 11.9. The van der Waals surface area contributed by atoms with E-state index >= 15 is 0 Å². The van der Waals surface area contributed by atoms with Gasteiger partial charge in [0.15, 0.2) is 11.4 Å². The first-order valence-electron chi connectivity index (χ1n) is 10.9. The van der Waals surface area contributed by atoms with Crippen molar-refractivity contribution in [3.63, 3.8) is 0 Å². The first kappa shape index (κ1) is 21.5. The Morgan fingerprint density at radius 2 is 1.88 bits per heavy atom. The van der Waals surface area contributed by atoms with Gasteiger partial charge in [-0.1, -0.05) is 24.3 Å². The van der Waals surface area contributed by atoms with Crippen LogP contribution in [-0.4, -0.2) is 32.7 Å². The van der Waals surface area contributed by atoms with E-state index in [1.54, 1.807) is 36.6 Å². The fourth-order valence-corrected chi connectivity index (χ4v) is 4.02. The van der Waals surface area contributed by atoms with Crippen LogP contribution in [0.15, 0.2) is 103 Å². The van der Waals surface area contributed by atoms with Gasteiger partial charge in [-0.3, -0.25) is 20.0 Å². The summed E-state index contributed by atoms with van der Waals surface area (Å²) in [5.41, 5.74) is 3.96. The van der Waals surface area contributed by atoms with Gasteiger partial charge < -0.3 is 10.1 Å². The molecule has 0 saturated heterocycles. The number of hydrogen-bond donors (Lipinski definition) is 2. The van der Waals surface area contributed by atoms with E-state index in [1.165, 1.54) is 0 Å². The Morgan fingerprint density at radius 3 is 2.62 bits per heavy atom. The predicted octanol–water partition coefficient (Wildman–Crippen LogP) is 3.36. The normalized spacial score (nSPS) is 17.5. The van der Waals surface area contributed by atoms with Crippen molar-refractivity contribution in [3.05, 3.63) is 114 Å². The molecule has 2 N–H and O–H groups in total. The van der Waals surface area contributed by atoms with Crippen molar-refractivity contribution < 1.29 is 4.74 Å². The van der Waals surface area contributed by atoms with E-state index in [0.717, 1.165) is 27.9 Å². The first-order valence-corrected chi connectivity index (χ1v) is 10.9. The summed E-state index contributed by atoms with van der Waals surface area (Å²) >= 11 is 0. The third-order valence-electron chi connectivity index (χ3n) is 5.75. The first-order chi connectivity index (χ1) is 16.7. The lowest BCUT2D eigenvalue weighted by atomic mass is 9.92. The van der Waals surface area contributed by atoms with Crippen LogP contribution in [0.5, 0.6) is 0 Å². The molecule has 4 heterocycles. The van der Waals surface area contributed by atoms with Gasteiger partial charge in [0.25, 0.3) is 0 Å². The topological polar surface area (TPSA) is 89.3 Å². The number of pyridine rings is 2. The number of benzene rings is 1. The molecule has 0 aliphatic carbocycles. The quantitative estimate of drug-likeness (QED) is 0.448. The summed E-state index contributed by atoms with van der Waals surface area (Å²) in [6, 6.07) is 18.1. The predicted molar refractivity (Wildman–Crippen MR) is 130 cm³/mol. The van der Waals surface area contributed by atoms with Gasteiger partial charge in [0.2, 0.25) is 0 Å². The molecule has 0 amide bonds. The third-order valence-corrected chi connectivity index (χ3v) is 5.75. The smallest absolute Gasteiger partial charge is 0.177 e. The van der Waals surface area contributed by atoms with E-state index in [0.29, 0.717) is 18.1 Å². The summed E-state index contributed by atoms with van der Waals surface area (Å²) in [4.78, 5) is 13.0. The zero-order valence-electron chi connectivity index (χ0n) is 19.0. The zero-order chi connectivity index (χ0) is 23.4. The molecule has 34 heavy (non-hydrogen) atoms. The molecule has 0 fully saturated rings. The highest BCUT2D eigenvalue weighted by molar-refractivity contribution is 6.00. The number of ether oxygens (including phenoxy) is 1. The highest BCUT2D eigenvalue weighted by atomic mass is 16.5. The van der Waals surface area contributed by atoms with Crippen molar-refractivity contribution >= 4 is 5.84 Å². The van der Waals surface area contributed by atoms with E-state index in [1.807, 2.05) is 55.8 Å². The summed E-state index contributed by atoms with van der Waals surface area (Å²) < 4.78 is 7.66. The Kier molecular flexibility index (Phi) is 5.88. The number of aryl methyl sites for hydroxylation is 1. The minimum Gasteiger partial charge on any atom is -0.495 e. The molecule has 0 spiro atoms. The number of hydrogen-bond acceptors (Lipinski definition) is 7. The average Bonchev–Trinajstić information content (AvgIpc) is 3.35. The molecule has 3 aromatic heterocycles. The van der Waals surface area contributed by atoms with E-state index in [2.05, 4.69) is 48.9 Å². The Labute approximate surface area is 198 Å². The lowest BCUT2D eigenvalue weighted by molar-refractivity contribution is 0.175. The van der Waals surface area contributed by atoms with Crippen molar-refractivity contribution in [2.75, 3.05) is 7.11 Å². The van der Waals surface area contributed by atoms with Gasteiger partial charge >= 0.3 is 0 Å². The molecular formula is C26H25N7O. The molecule has 1 atom stereocenters. The van der Waals surface area contributed by atoms with Gasteiger partial charge in [0.05, 0.1) is 19.0 Å².